The Morgan fingerprint density at radius 3 is 2.41 bits per heavy atom. The highest BCUT2D eigenvalue weighted by Crippen LogP contribution is 2.36. The van der Waals surface area contributed by atoms with Crippen LogP contribution in [0.2, 0.25) is 10.0 Å². The molecular formula is C16H14Cl2F3N5O3. The molecule has 0 bridgehead atoms. The molecule has 1 aliphatic heterocycles. The zero-order valence-electron chi connectivity index (χ0n) is 14.7. The minimum atomic E-state index is -4.66. The van der Waals surface area contributed by atoms with Crippen molar-refractivity contribution in [3.8, 4) is 0 Å². The summed E-state index contributed by atoms with van der Waals surface area (Å²) in [5.41, 5.74) is -2.10. The normalized spacial score (nSPS) is 15.6. The maximum Gasteiger partial charge on any atom is 0.416 e. The molecule has 0 radical (unpaired) electrons. The third-order valence-corrected chi connectivity index (χ3v) is 5.24. The number of benzene rings is 1. The highest BCUT2D eigenvalue weighted by Gasteiger charge is 2.34. The summed E-state index contributed by atoms with van der Waals surface area (Å²) in [6.07, 6.45) is -3.41. The number of hydrogen-bond donors (Lipinski definition) is 0. The van der Waals surface area contributed by atoms with E-state index in [-0.39, 0.29) is 22.4 Å². The minimum absolute atomic E-state index is 0.0485. The standard InChI is InChI=1S/C16H14Cl2F3N5O3/c17-11-8-22-25(15(27)14(11)18)9-23-3-5-24(6-4-23)12-2-1-10(16(19,20)21)7-13(12)26(28)29/h1-2,7-8H,3-6,9H2. The fraction of sp³-hybridized carbons (Fsp3) is 0.375. The Morgan fingerprint density at radius 1 is 1.17 bits per heavy atom. The van der Waals surface area contributed by atoms with Crippen LogP contribution in [0.4, 0.5) is 24.5 Å². The fourth-order valence-corrected chi connectivity index (χ4v) is 3.25. The van der Waals surface area contributed by atoms with Crippen molar-refractivity contribution in [2.24, 2.45) is 0 Å². The Balaban J connectivity index is 1.73. The summed E-state index contributed by atoms with van der Waals surface area (Å²) in [5, 5.41) is 15.1. The van der Waals surface area contributed by atoms with E-state index in [9.17, 15) is 28.1 Å². The molecular weight excluding hydrogens is 438 g/mol. The average molecular weight is 452 g/mol. The van der Waals surface area contributed by atoms with Crippen LogP contribution in [-0.2, 0) is 12.8 Å². The van der Waals surface area contributed by atoms with E-state index in [0.29, 0.717) is 32.2 Å². The molecule has 0 N–H and O–H groups in total. The Kier molecular flexibility index (Phi) is 6.01. The number of rotatable bonds is 4. The van der Waals surface area contributed by atoms with Gasteiger partial charge in [0, 0.05) is 32.2 Å². The molecule has 0 unspecified atom stereocenters. The number of aromatic nitrogens is 2. The summed E-state index contributed by atoms with van der Waals surface area (Å²) in [5.74, 6) is 0. The van der Waals surface area contributed by atoms with Gasteiger partial charge in [-0.25, -0.2) is 4.68 Å². The Morgan fingerprint density at radius 2 is 1.83 bits per heavy atom. The third-order valence-electron chi connectivity index (χ3n) is 4.49. The maximum atomic E-state index is 12.9. The molecule has 1 aliphatic rings. The SMILES string of the molecule is O=c1c(Cl)c(Cl)cnn1CN1CCN(c2ccc(C(F)(F)F)cc2[N+](=O)[O-])CC1. The second-order valence-electron chi connectivity index (χ2n) is 6.32. The quantitative estimate of drug-likeness (QED) is 0.523. The molecule has 0 spiro atoms. The van der Waals surface area contributed by atoms with Crippen LogP contribution < -0.4 is 10.5 Å². The van der Waals surface area contributed by atoms with Crippen LogP contribution in [0.1, 0.15) is 5.56 Å². The molecule has 1 aromatic carbocycles. The Bertz CT molecular complexity index is 991. The molecule has 8 nitrogen and oxygen atoms in total. The number of hydrogen-bond acceptors (Lipinski definition) is 6. The topological polar surface area (TPSA) is 84.5 Å². The van der Waals surface area contributed by atoms with E-state index >= 15 is 0 Å². The second-order valence-corrected chi connectivity index (χ2v) is 7.10. The predicted octanol–water partition coefficient (Wildman–Crippen LogP) is 3.26. The summed E-state index contributed by atoms with van der Waals surface area (Å²) in [7, 11) is 0. The molecule has 1 aromatic heterocycles. The number of anilines is 1. The van der Waals surface area contributed by atoms with E-state index in [0.717, 1.165) is 16.8 Å². The van der Waals surface area contributed by atoms with E-state index < -0.39 is 27.9 Å². The summed E-state index contributed by atoms with van der Waals surface area (Å²) >= 11 is 11.6. The van der Waals surface area contributed by atoms with Crippen molar-refractivity contribution in [3.05, 3.63) is 60.5 Å². The van der Waals surface area contributed by atoms with Gasteiger partial charge < -0.3 is 4.90 Å². The van der Waals surface area contributed by atoms with Gasteiger partial charge in [0.1, 0.15) is 10.7 Å². The molecule has 1 fully saturated rings. The molecule has 3 rings (SSSR count). The molecule has 0 saturated carbocycles. The van der Waals surface area contributed by atoms with Gasteiger partial charge in [0.2, 0.25) is 0 Å². The first-order valence-electron chi connectivity index (χ1n) is 8.32. The number of nitrogens with zero attached hydrogens (tertiary/aromatic N) is 5. The zero-order valence-corrected chi connectivity index (χ0v) is 16.2. The van der Waals surface area contributed by atoms with Crippen LogP contribution in [0.3, 0.4) is 0 Å². The van der Waals surface area contributed by atoms with Gasteiger partial charge in [-0.15, -0.1) is 0 Å². The van der Waals surface area contributed by atoms with E-state index in [1.165, 1.54) is 6.20 Å². The molecule has 13 heteroatoms. The average Bonchev–Trinajstić information content (AvgIpc) is 2.68. The lowest BCUT2D eigenvalue weighted by Crippen LogP contribution is -2.48. The van der Waals surface area contributed by atoms with Crippen molar-refractivity contribution >= 4 is 34.6 Å². The van der Waals surface area contributed by atoms with Crippen LogP contribution in [0.25, 0.3) is 0 Å². The van der Waals surface area contributed by atoms with Gasteiger partial charge in [0.05, 0.1) is 28.4 Å². The van der Waals surface area contributed by atoms with Crippen LogP contribution in [0, 0.1) is 10.1 Å². The van der Waals surface area contributed by atoms with Gasteiger partial charge in [-0.2, -0.15) is 18.3 Å². The van der Waals surface area contributed by atoms with E-state index in [2.05, 4.69) is 5.10 Å². The predicted molar refractivity (Wildman–Crippen MR) is 100 cm³/mol. The van der Waals surface area contributed by atoms with E-state index in [1.54, 1.807) is 4.90 Å². The summed E-state index contributed by atoms with van der Waals surface area (Å²) in [6.45, 7) is 1.60. The van der Waals surface area contributed by atoms with Gasteiger partial charge in [-0.3, -0.25) is 19.8 Å². The van der Waals surface area contributed by atoms with Gasteiger partial charge in [-0.05, 0) is 12.1 Å². The zero-order chi connectivity index (χ0) is 21.3. The third kappa shape index (κ3) is 4.62. The van der Waals surface area contributed by atoms with Crippen molar-refractivity contribution < 1.29 is 18.1 Å². The first-order valence-corrected chi connectivity index (χ1v) is 9.07. The van der Waals surface area contributed by atoms with Crippen LogP contribution >= 0.6 is 23.2 Å². The first kappa shape index (κ1) is 21.3. The molecule has 29 heavy (non-hydrogen) atoms. The van der Waals surface area contributed by atoms with Gasteiger partial charge in [0.25, 0.3) is 11.2 Å². The summed E-state index contributed by atoms with van der Waals surface area (Å²) < 4.78 is 39.7. The van der Waals surface area contributed by atoms with Gasteiger partial charge in [0.15, 0.2) is 0 Å². The lowest BCUT2D eigenvalue weighted by Gasteiger charge is -2.35. The molecule has 2 heterocycles. The van der Waals surface area contributed by atoms with Crippen molar-refractivity contribution in [2.75, 3.05) is 31.1 Å². The number of piperazine rings is 1. The minimum Gasteiger partial charge on any atom is -0.363 e. The molecule has 156 valence electrons. The van der Waals surface area contributed by atoms with Crippen molar-refractivity contribution in [3.63, 3.8) is 0 Å². The number of halogens is 5. The molecule has 0 amide bonds. The fourth-order valence-electron chi connectivity index (χ4n) is 2.98. The lowest BCUT2D eigenvalue weighted by molar-refractivity contribution is -0.384. The van der Waals surface area contributed by atoms with Gasteiger partial charge in [-0.1, -0.05) is 23.2 Å². The van der Waals surface area contributed by atoms with Crippen molar-refractivity contribution in [1.29, 1.82) is 0 Å². The second kappa shape index (κ2) is 8.17. The first-order chi connectivity index (χ1) is 13.6. The monoisotopic (exact) mass is 451 g/mol. The summed E-state index contributed by atoms with van der Waals surface area (Å²) in [4.78, 5) is 26.0. The van der Waals surface area contributed by atoms with E-state index in [1.807, 2.05) is 4.90 Å². The van der Waals surface area contributed by atoms with Crippen molar-refractivity contribution in [2.45, 2.75) is 12.8 Å². The number of alkyl halides is 3. The largest absolute Gasteiger partial charge is 0.416 e. The molecule has 2 aromatic rings. The summed E-state index contributed by atoms with van der Waals surface area (Å²) in [6, 6.07) is 2.48. The van der Waals surface area contributed by atoms with E-state index in [4.69, 9.17) is 23.2 Å². The lowest BCUT2D eigenvalue weighted by atomic mass is 10.1. The number of nitro benzene ring substituents is 1. The Hall–Kier alpha value is -2.37. The maximum absolute atomic E-state index is 12.9. The highest BCUT2D eigenvalue weighted by atomic mass is 35.5. The van der Waals surface area contributed by atoms with Crippen LogP contribution in [-0.4, -0.2) is 45.8 Å². The highest BCUT2D eigenvalue weighted by molar-refractivity contribution is 6.41. The van der Waals surface area contributed by atoms with Gasteiger partial charge >= 0.3 is 6.18 Å². The Labute approximate surface area is 172 Å². The van der Waals surface area contributed by atoms with Crippen LogP contribution in [0.15, 0.2) is 29.2 Å². The van der Waals surface area contributed by atoms with Crippen molar-refractivity contribution in [1.82, 2.24) is 14.7 Å². The number of nitro groups is 1. The molecule has 0 aliphatic carbocycles. The molecule has 0 atom stereocenters. The molecule has 1 saturated heterocycles. The smallest absolute Gasteiger partial charge is 0.363 e. The van der Waals surface area contributed by atoms with Crippen LogP contribution in [0.5, 0.6) is 0 Å².